The van der Waals surface area contributed by atoms with Crippen LogP contribution in [0.15, 0.2) is 0 Å². The molecular weight excluding hydrogens is 218 g/mol. The molecule has 0 saturated heterocycles. The van der Waals surface area contributed by atoms with E-state index in [2.05, 4.69) is 26.1 Å². The molecule has 0 aromatic rings. The predicted molar refractivity (Wildman–Crippen MR) is 79.8 cm³/mol. The first kappa shape index (κ1) is 14.4. The van der Waals surface area contributed by atoms with E-state index in [1.807, 2.05) is 0 Å². The molecule has 0 amide bonds. The molecule has 1 nitrogen and oxygen atoms in total. The molecule has 1 heteroatoms. The number of rotatable bonds is 4. The fourth-order valence-corrected chi connectivity index (χ4v) is 4.51. The number of hydrogen-bond acceptors (Lipinski definition) is 1. The Hall–Kier alpha value is -0.0400. The molecule has 0 radical (unpaired) electrons. The lowest BCUT2D eigenvalue weighted by Gasteiger charge is -2.38. The molecule has 2 rings (SSSR count). The van der Waals surface area contributed by atoms with Crippen molar-refractivity contribution in [2.24, 2.45) is 17.8 Å². The number of hydrogen-bond donors (Lipinski definition) is 1. The third-order valence-electron chi connectivity index (χ3n) is 5.29. The van der Waals surface area contributed by atoms with E-state index < -0.39 is 0 Å². The van der Waals surface area contributed by atoms with Crippen molar-refractivity contribution in [2.75, 3.05) is 0 Å². The van der Waals surface area contributed by atoms with Gasteiger partial charge in [-0.15, -0.1) is 0 Å². The minimum absolute atomic E-state index is 0.799. The minimum atomic E-state index is 0.799. The summed E-state index contributed by atoms with van der Waals surface area (Å²) >= 11 is 0. The largest absolute Gasteiger partial charge is 0.311 e. The summed E-state index contributed by atoms with van der Waals surface area (Å²) in [7, 11) is 0. The standard InChI is InChI=1S/C17H33N/c1-4-17(15-8-6-5-7-9-15)18-16-11-13(2)10-14(3)12-16/h13-18H,4-12H2,1-3H3. The Kier molecular flexibility index (Phi) is 5.54. The fourth-order valence-electron chi connectivity index (χ4n) is 4.51. The zero-order valence-electron chi connectivity index (χ0n) is 12.8. The van der Waals surface area contributed by atoms with E-state index in [4.69, 9.17) is 0 Å². The van der Waals surface area contributed by atoms with Crippen LogP contribution in [-0.4, -0.2) is 12.1 Å². The molecule has 0 aromatic heterocycles. The first-order valence-corrected chi connectivity index (χ1v) is 8.45. The molecule has 0 heterocycles. The van der Waals surface area contributed by atoms with Crippen LogP contribution in [0.1, 0.15) is 78.6 Å². The van der Waals surface area contributed by atoms with Gasteiger partial charge in [-0.3, -0.25) is 0 Å². The van der Waals surface area contributed by atoms with E-state index >= 15 is 0 Å². The third-order valence-corrected chi connectivity index (χ3v) is 5.29. The lowest BCUT2D eigenvalue weighted by atomic mass is 9.78. The molecule has 0 aromatic carbocycles. The van der Waals surface area contributed by atoms with E-state index in [1.54, 1.807) is 0 Å². The molecule has 2 aliphatic carbocycles. The fraction of sp³-hybridized carbons (Fsp3) is 1.00. The Morgan fingerprint density at radius 1 is 0.944 bits per heavy atom. The summed E-state index contributed by atoms with van der Waals surface area (Å²) in [5, 5.41) is 4.04. The van der Waals surface area contributed by atoms with Gasteiger partial charge in [0.25, 0.3) is 0 Å². The van der Waals surface area contributed by atoms with E-state index in [0.717, 1.165) is 29.8 Å². The summed E-state index contributed by atoms with van der Waals surface area (Å²) < 4.78 is 0. The molecule has 0 spiro atoms. The SMILES string of the molecule is CCC(NC1CC(C)CC(C)C1)C1CCCCC1. The Balaban J connectivity index is 1.84. The van der Waals surface area contributed by atoms with Crippen LogP contribution in [0.25, 0.3) is 0 Å². The highest BCUT2D eigenvalue weighted by Crippen LogP contribution is 2.32. The maximum Gasteiger partial charge on any atom is 0.00952 e. The first-order chi connectivity index (χ1) is 8.69. The highest BCUT2D eigenvalue weighted by atomic mass is 15.0. The molecule has 2 aliphatic rings. The topological polar surface area (TPSA) is 12.0 Å². The van der Waals surface area contributed by atoms with Crippen molar-refractivity contribution in [1.82, 2.24) is 5.32 Å². The molecule has 2 saturated carbocycles. The highest BCUT2D eigenvalue weighted by Gasteiger charge is 2.28. The van der Waals surface area contributed by atoms with Crippen molar-refractivity contribution in [3.05, 3.63) is 0 Å². The summed E-state index contributed by atoms with van der Waals surface area (Å²) in [6.07, 6.45) is 13.0. The van der Waals surface area contributed by atoms with Gasteiger partial charge < -0.3 is 5.32 Å². The molecule has 3 atom stereocenters. The molecule has 18 heavy (non-hydrogen) atoms. The van der Waals surface area contributed by atoms with Gasteiger partial charge in [-0.05, 0) is 56.3 Å². The second-order valence-electron chi connectivity index (χ2n) is 7.19. The Labute approximate surface area is 114 Å². The van der Waals surface area contributed by atoms with E-state index in [9.17, 15) is 0 Å². The van der Waals surface area contributed by atoms with Crippen LogP contribution in [0.2, 0.25) is 0 Å². The van der Waals surface area contributed by atoms with Gasteiger partial charge in [-0.1, -0.05) is 40.0 Å². The maximum atomic E-state index is 4.04. The van der Waals surface area contributed by atoms with Gasteiger partial charge in [0, 0.05) is 12.1 Å². The van der Waals surface area contributed by atoms with Crippen LogP contribution < -0.4 is 5.32 Å². The van der Waals surface area contributed by atoms with Crippen molar-refractivity contribution in [3.63, 3.8) is 0 Å². The zero-order chi connectivity index (χ0) is 13.0. The number of nitrogens with one attached hydrogen (secondary N) is 1. The monoisotopic (exact) mass is 251 g/mol. The Morgan fingerprint density at radius 2 is 1.56 bits per heavy atom. The van der Waals surface area contributed by atoms with Crippen LogP contribution in [0.3, 0.4) is 0 Å². The quantitative estimate of drug-likeness (QED) is 0.759. The molecule has 0 aliphatic heterocycles. The summed E-state index contributed by atoms with van der Waals surface area (Å²) in [5.41, 5.74) is 0. The van der Waals surface area contributed by atoms with Crippen molar-refractivity contribution < 1.29 is 0 Å². The van der Waals surface area contributed by atoms with Crippen LogP contribution in [0.4, 0.5) is 0 Å². The summed E-state index contributed by atoms with van der Waals surface area (Å²) in [5.74, 6) is 2.82. The molecule has 0 bridgehead atoms. The lowest BCUT2D eigenvalue weighted by Crippen LogP contribution is -2.46. The molecule has 1 N–H and O–H groups in total. The smallest absolute Gasteiger partial charge is 0.00952 e. The summed E-state index contributed by atoms with van der Waals surface area (Å²) in [6.45, 7) is 7.25. The van der Waals surface area contributed by atoms with E-state index in [-0.39, 0.29) is 0 Å². The average molecular weight is 251 g/mol. The van der Waals surface area contributed by atoms with Gasteiger partial charge in [0.1, 0.15) is 0 Å². The molecular formula is C17H33N. The van der Waals surface area contributed by atoms with Crippen LogP contribution in [0, 0.1) is 17.8 Å². The van der Waals surface area contributed by atoms with Gasteiger partial charge in [-0.25, -0.2) is 0 Å². The lowest BCUT2D eigenvalue weighted by molar-refractivity contribution is 0.186. The van der Waals surface area contributed by atoms with Crippen molar-refractivity contribution in [2.45, 2.75) is 90.6 Å². The normalized spacial score (nSPS) is 36.5. The Bertz CT molecular complexity index is 222. The van der Waals surface area contributed by atoms with Crippen molar-refractivity contribution in [1.29, 1.82) is 0 Å². The van der Waals surface area contributed by atoms with Gasteiger partial charge in [0.15, 0.2) is 0 Å². The Morgan fingerprint density at radius 3 is 2.11 bits per heavy atom. The van der Waals surface area contributed by atoms with E-state index in [0.29, 0.717) is 0 Å². The zero-order valence-corrected chi connectivity index (χ0v) is 12.8. The second kappa shape index (κ2) is 6.93. The molecule has 106 valence electrons. The van der Waals surface area contributed by atoms with Crippen LogP contribution >= 0.6 is 0 Å². The molecule has 3 unspecified atom stereocenters. The molecule has 2 fully saturated rings. The average Bonchev–Trinajstić information content (AvgIpc) is 2.36. The minimum Gasteiger partial charge on any atom is -0.311 e. The van der Waals surface area contributed by atoms with E-state index in [1.165, 1.54) is 57.8 Å². The van der Waals surface area contributed by atoms with Crippen molar-refractivity contribution >= 4 is 0 Å². The third kappa shape index (κ3) is 3.98. The predicted octanol–water partition coefficient (Wildman–Crippen LogP) is 4.76. The first-order valence-electron chi connectivity index (χ1n) is 8.45. The van der Waals surface area contributed by atoms with Crippen LogP contribution in [0.5, 0.6) is 0 Å². The van der Waals surface area contributed by atoms with Gasteiger partial charge in [-0.2, -0.15) is 0 Å². The highest BCUT2D eigenvalue weighted by molar-refractivity contribution is 4.85. The summed E-state index contributed by atoms with van der Waals surface area (Å²) in [4.78, 5) is 0. The van der Waals surface area contributed by atoms with Crippen LogP contribution in [-0.2, 0) is 0 Å². The maximum absolute atomic E-state index is 4.04. The second-order valence-corrected chi connectivity index (χ2v) is 7.19. The van der Waals surface area contributed by atoms with Gasteiger partial charge in [0.05, 0.1) is 0 Å². The summed E-state index contributed by atoms with van der Waals surface area (Å²) in [6, 6.07) is 1.60. The van der Waals surface area contributed by atoms with Gasteiger partial charge in [0.2, 0.25) is 0 Å². The van der Waals surface area contributed by atoms with Gasteiger partial charge >= 0.3 is 0 Å². The van der Waals surface area contributed by atoms with Crippen molar-refractivity contribution in [3.8, 4) is 0 Å².